The Morgan fingerprint density at radius 3 is 1.91 bits per heavy atom. The summed E-state index contributed by atoms with van der Waals surface area (Å²) in [7, 11) is -1.03. The second kappa shape index (κ2) is 12.8. The molecular weight excluding hydrogens is 633 g/mol. The summed E-state index contributed by atoms with van der Waals surface area (Å²) >= 11 is 0. The van der Waals surface area contributed by atoms with Gasteiger partial charge in [-0.15, -0.1) is 0 Å². The molecule has 2 heterocycles. The van der Waals surface area contributed by atoms with Crippen LogP contribution >= 0.6 is 0 Å². The standard InChI is InChI=1S/C29H33F7N4O4S/c1-4-45(43,44)40-11-9-19(10-12-40)26(41)39-16-24(18-5-7-22(30)8-6-18)25(17-39)38(3)27(42)37(2)23-14-20(28(31,32)33)13-21(15-23)29(34,35)36/h5-8,13-15,19,24-25H,4,9-12,16-17H2,1-3H3. The maximum absolute atomic E-state index is 13.7. The largest absolute Gasteiger partial charge is 0.416 e. The zero-order valence-corrected chi connectivity index (χ0v) is 25.5. The fraction of sp³-hybridized carbons (Fsp3) is 0.517. The van der Waals surface area contributed by atoms with Crippen LogP contribution in [0.15, 0.2) is 42.5 Å². The summed E-state index contributed by atoms with van der Waals surface area (Å²) in [5.41, 5.74) is -3.21. The molecule has 2 aromatic carbocycles. The molecule has 0 spiro atoms. The van der Waals surface area contributed by atoms with Gasteiger partial charge in [0.2, 0.25) is 15.9 Å². The van der Waals surface area contributed by atoms with E-state index >= 15 is 0 Å². The summed E-state index contributed by atoms with van der Waals surface area (Å²) in [6.07, 6.45) is -9.64. The lowest BCUT2D eigenvalue weighted by molar-refractivity contribution is -0.143. The van der Waals surface area contributed by atoms with Gasteiger partial charge in [-0.1, -0.05) is 12.1 Å². The number of halogens is 7. The lowest BCUT2D eigenvalue weighted by Crippen LogP contribution is -2.48. The number of anilines is 1. The Morgan fingerprint density at radius 2 is 1.42 bits per heavy atom. The van der Waals surface area contributed by atoms with Crippen LogP contribution in [0.5, 0.6) is 0 Å². The Morgan fingerprint density at radius 1 is 0.889 bits per heavy atom. The summed E-state index contributed by atoms with van der Waals surface area (Å²) < 4.78 is 120. The number of likely N-dealkylation sites (tertiary alicyclic amines) is 1. The molecule has 0 saturated carbocycles. The van der Waals surface area contributed by atoms with Gasteiger partial charge in [0.1, 0.15) is 5.82 Å². The van der Waals surface area contributed by atoms with Gasteiger partial charge in [-0.05, 0) is 55.7 Å². The van der Waals surface area contributed by atoms with Crippen molar-refractivity contribution in [2.45, 2.75) is 44.1 Å². The van der Waals surface area contributed by atoms with Gasteiger partial charge >= 0.3 is 18.4 Å². The zero-order valence-electron chi connectivity index (χ0n) is 24.7. The van der Waals surface area contributed by atoms with Crippen molar-refractivity contribution in [3.8, 4) is 0 Å². The van der Waals surface area contributed by atoms with E-state index in [0.29, 0.717) is 22.6 Å². The summed E-state index contributed by atoms with van der Waals surface area (Å²) in [6, 6.07) is 4.56. The van der Waals surface area contributed by atoms with Crippen LogP contribution in [0.3, 0.4) is 0 Å². The lowest BCUT2D eigenvalue weighted by Gasteiger charge is -2.33. The molecule has 2 aliphatic heterocycles. The number of carbonyl (C=O) groups excluding carboxylic acids is 2. The average Bonchev–Trinajstić information content (AvgIpc) is 3.44. The summed E-state index contributed by atoms with van der Waals surface area (Å²) in [5.74, 6) is -1.91. The molecule has 0 aliphatic carbocycles. The number of piperidine rings is 1. The van der Waals surface area contributed by atoms with Crippen molar-refractivity contribution in [2.24, 2.45) is 5.92 Å². The second-order valence-electron chi connectivity index (χ2n) is 11.3. The molecule has 2 unspecified atom stereocenters. The van der Waals surface area contributed by atoms with Crippen LogP contribution in [0.1, 0.15) is 42.4 Å². The molecule has 0 bridgehead atoms. The molecule has 0 radical (unpaired) electrons. The van der Waals surface area contributed by atoms with E-state index in [1.807, 2.05) is 0 Å². The van der Waals surface area contributed by atoms with Gasteiger partial charge in [0.05, 0.1) is 22.9 Å². The fourth-order valence-corrected chi connectivity index (χ4v) is 6.97. The predicted molar refractivity (Wildman–Crippen MR) is 151 cm³/mol. The van der Waals surface area contributed by atoms with Crippen molar-refractivity contribution in [3.63, 3.8) is 0 Å². The van der Waals surface area contributed by atoms with Gasteiger partial charge in [-0.25, -0.2) is 21.9 Å². The average molecular weight is 667 g/mol. The SMILES string of the molecule is CCS(=O)(=O)N1CCC(C(=O)N2CC(c3ccc(F)cc3)C(N(C)C(=O)N(C)c3cc(C(F)(F)F)cc(C(F)(F)F)c3)C2)CC1. The van der Waals surface area contributed by atoms with Gasteiger partial charge in [0.15, 0.2) is 0 Å². The van der Waals surface area contributed by atoms with Crippen molar-refractivity contribution in [1.29, 1.82) is 0 Å². The minimum absolute atomic E-state index is 0.0131. The van der Waals surface area contributed by atoms with Gasteiger partial charge in [-0.2, -0.15) is 26.3 Å². The highest BCUT2D eigenvalue weighted by molar-refractivity contribution is 7.89. The van der Waals surface area contributed by atoms with E-state index in [1.165, 1.54) is 47.4 Å². The lowest BCUT2D eigenvalue weighted by atomic mass is 9.93. The molecular formula is C29H33F7N4O4S. The third kappa shape index (κ3) is 7.54. The number of nitrogens with zero attached hydrogens (tertiary/aromatic N) is 4. The van der Waals surface area contributed by atoms with Crippen LogP contribution in [0.2, 0.25) is 0 Å². The maximum Gasteiger partial charge on any atom is 0.416 e. The first-order valence-electron chi connectivity index (χ1n) is 14.2. The van der Waals surface area contributed by atoms with E-state index in [1.54, 1.807) is 0 Å². The van der Waals surface area contributed by atoms with Gasteiger partial charge in [0.25, 0.3) is 0 Å². The molecule has 8 nitrogen and oxygen atoms in total. The van der Waals surface area contributed by atoms with Crippen molar-refractivity contribution in [3.05, 3.63) is 65.0 Å². The monoisotopic (exact) mass is 666 g/mol. The van der Waals surface area contributed by atoms with Crippen molar-refractivity contribution in [2.75, 3.05) is 50.9 Å². The molecule has 45 heavy (non-hydrogen) atoms. The topological polar surface area (TPSA) is 81.2 Å². The smallest absolute Gasteiger partial charge is 0.340 e. The fourth-order valence-electron chi connectivity index (χ4n) is 5.84. The van der Waals surface area contributed by atoms with Crippen molar-refractivity contribution < 1.29 is 48.7 Å². The third-order valence-electron chi connectivity index (χ3n) is 8.51. The van der Waals surface area contributed by atoms with E-state index in [-0.39, 0.29) is 56.7 Å². The number of hydrogen-bond donors (Lipinski definition) is 0. The molecule has 0 N–H and O–H groups in total. The van der Waals surface area contributed by atoms with E-state index in [0.717, 1.165) is 11.9 Å². The van der Waals surface area contributed by atoms with E-state index < -0.39 is 68.9 Å². The number of amides is 3. The predicted octanol–water partition coefficient (Wildman–Crippen LogP) is 5.41. The number of alkyl halides is 6. The Labute approximate surface area is 256 Å². The van der Waals surface area contributed by atoms with E-state index in [2.05, 4.69) is 0 Å². The Hall–Kier alpha value is -3.40. The number of carbonyl (C=O) groups is 2. The first-order chi connectivity index (χ1) is 20.8. The molecule has 16 heteroatoms. The molecule has 2 aromatic rings. The first kappa shape index (κ1) is 34.5. The van der Waals surface area contributed by atoms with Crippen LogP contribution in [0.25, 0.3) is 0 Å². The summed E-state index contributed by atoms with van der Waals surface area (Å²) in [5, 5.41) is 0. The minimum Gasteiger partial charge on any atom is -0.340 e. The Bertz CT molecular complexity index is 1480. The quantitative estimate of drug-likeness (QED) is 0.387. The molecule has 2 saturated heterocycles. The molecule has 0 aromatic heterocycles. The molecule has 3 amide bonds. The van der Waals surface area contributed by atoms with Gasteiger partial charge < -0.3 is 9.80 Å². The van der Waals surface area contributed by atoms with E-state index in [4.69, 9.17) is 0 Å². The minimum atomic E-state index is -5.11. The normalized spacial score (nSPS) is 20.4. The van der Waals surface area contributed by atoms with Crippen molar-refractivity contribution in [1.82, 2.24) is 14.1 Å². The highest BCUT2D eigenvalue weighted by Crippen LogP contribution is 2.39. The summed E-state index contributed by atoms with van der Waals surface area (Å²) in [4.78, 5) is 30.5. The van der Waals surface area contributed by atoms with Crippen LogP contribution < -0.4 is 4.90 Å². The second-order valence-corrected chi connectivity index (χ2v) is 13.5. The van der Waals surface area contributed by atoms with Gasteiger partial charge in [0, 0.05) is 57.8 Å². The van der Waals surface area contributed by atoms with Crippen LogP contribution in [0.4, 0.5) is 41.2 Å². The number of urea groups is 1. The molecule has 2 aliphatic rings. The number of benzene rings is 2. The van der Waals surface area contributed by atoms with Crippen LogP contribution in [-0.2, 0) is 27.2 Å². The number of rotatable bonds is 6. The summed E-state index contributed by atoms with van der Waals surface area (Å²) in [6.45, 7) is 1.97. The van der Waals surface area contributed by atoms with E-state index in [9.17, 15) is 48.7 Å². The molecule has 2 atom stereocenters. The number of hydrogen-bond acceptors (Lipinski definition) is 4. The molecule has 248 valence electrons. The Balaban J connectivity index is 1.59. The third-order valence-corrected chi connectivity index (χ3v) is 10.4. The van der Waals surface area contributed by atoms with Crippen LogP contribution in [0, 0.1) is 11.7 Å². The Kier molecular flexibility index (Phi) is 9.79. The van der Waals surface area contributed by atoms with Crippen molar-refractivity contribution >= 4 is 27.6 Å². The number of likely N-dealkylation sites (N-methyl/N-ethyl adjacent to an activating group) is 1. The van der Waals surface area contributed by atoms with Gasteiger partial charge in [-0.3, -0.25) is 9.69 Å². The highest BCUT2D eigenvalue weighted by Gasteiger charge is 2.44. The maximum atomic E-state index is 13.7. The first-order valence-corrected chi connectivity index (χ1v) is 15.8. The molecule has 2 fully saturated rings. The molecule has 4 rings (SSSR count). The number of sulfonamides is 1. The zero-order chi connectivity index (χ0) is 33.5. The highest BCUT2D eigenvalue weighted by atomic mass is 32.2. The van der Waals surface area contributed by atoms with Crippen LogP contribution in [-0.4, -0.2) is 86.5 Å².